The van der Waals surface area contributed by atoms with Gasteiger partial charge in [-0.3, -0.25) is 4.79 Å². The lowest BCUT2D eigenvalue weighted by Crippen LogP contribution is -2.32. The number of carbonyl (C=O) groups excluding carboxylic acids is 1. The summed E-state index contributed by atoms with van der Waals surface area (Å²) in [7, 11) is 1.56. The molecule has 1 aromatic heterocycles. The summed E-state index contributed by atoms with van der Waals surface area (Å²) in [4.78, 5) is 23.8. The molecule has 0 aliphatic carbocycles. The highest BCUT2D eigenvalue weighted by atomic mass is 16.5. The molecule has 0 unspecified atom stereocenters. The molecular weight excluding hydrogens is 316 g/mol. The predicted molar refractivity (Wildman–Crippen MR) is 97.0 cm³/mol. The monoisotopic (exact) mass is 340 g/mol. The zero-order chi connectivity index (χ0) is 17.6. The number of nitrogens with one attached hydrogen (secondary N) is 1. The smallest absolute Gasteiger partial charge is 0.255 e. The highest BCUT2D eigenvalue weighted by Crippen LogP contribution is 2.18. The van der Waals surface area contributed by atoms with E-state index in [1.807, 2.05) is 25.1 Å². The first-order chi connectivity index (χ1) is 12.2. The summed E-state index contributed by atoms with van der Waals surface area (Å²) < 4.78 is 5.24. The minimum Gasteiger partial charge on any atom is -0.496 e. The predicted octanol–water partition coefficient (Wildman–Crippen LogP) is 2.71. The Bertz CT molecular complexity index is 742. The van der Waals surface area contributed by atoms with Crippen LogP contribution in [0.1, 0.15) is 41.0 Å². The Balaban J connectivity index is 1.70. The van der Waals surface area contributed by atoms with Crippen molar-refractivity contribution in [1.29, 1.82) is 0 Å². The van der Waals surface area contributed by atoms with Gasteiger partial charge in [0.2, 0.25) is 5.95 Å². The third-order valence-corrected chi connectivity index (χ3v) is 4.32. The maximum atomic E-state index is 12.4. The van der Waals surface area contributed by atoms with Crippen molar-refractivity contribution in [3.05, 3.63) is 47.3 Å². The molecule has 1 fully saturated rings. The first-order valence-electron chi connectivity index (χ1n) is 8.68. The van der Waals surface area contributed by atoms with Gasteiger partial charge in [0, 0.05) is 18.8 Å². The standard InChI is InChI=1S/C19H24N4O2/c1-14-12-15(22-19(21-14)23-10-6-3-7-11-23)13-20-18(24)16-8-4-5-9-17(16)25-2/h4-5,8-9,12H,3,6-7,10-11,13H2,1-2H3,(H,20,24). The minimum atomic E-state index is -0.173. The Kier molecular flexibility index (Phi) is 5.48. The minimum absolute atomic E-state index is 0.173. The molecule has 1 amide bonds. The van der Waals surface area contributed by atoms with E-state index in [1.165, 1.54) is 19.3 Å². The molecule has 0 spiro atoms. The van der Waals surface area contributed by atoms with Crippen molar-refractivity contribution in [1.82, 2.24) is 15.3 Å². The van der Waals surface area contributed by atoms with Crippen molar-refractivity contribution in [3.8, 4) is 5.75 Å². The number of ether oxygens (including phenoxy) is 1. The van der Waals surface area contributed by atoms with Crippen molar-refractivity contribution >= 4 is 11.9 Å². The lowest BCUT2D eigenvalue weighted by Gasteiger charge is -2.27. The van der Waals surface area contributed by atoms with Crippen LogP contribution in [0.3, 0.4) is 0 Å². The average molecular weight is 340 g/mol. The molecule has 1 aliphatic heterocycles. The fraction of sp³-hybridized carbons (Fsp3) is 0.421. The summed E-state index contributed by atoms with van der Waals surface area (Å²) >= 11 is 0. The van der Waals surface area contributed by atoms with Crippen LogP contribution in [0.5, 0.6) is 5.75 Å². The van der Waals surface area contributed by atoms with Crippen LogP contribution in [0, 0.1) is 6.92 Å². The van der Waals surface area contributed by atoms with E-state index in [-0.39, 0.29) is 5.91 Å². The number of anilines is 1. The van der Waals surface area contributed by atoms with Crippen molar-refractivity contribution in [2.75, 3.05) is 25.1 Å². The van der Waals surface area contributed by atoms with E-state index >= 15 is 0 Å². The Morgan fingerprint density at radius 3 is 2.72 bits per heavy atom. The second-order valence-corrected chi connectivity index (χ2v) is 6.23. The summed E-state index contributed by atoms with van der Waals surface area (Å²) in [5, 5.41) is 2.92. The molecule has 1 aromatic carbocycles. The highest BCUT2D eigenvalue weighted by Gasteiger charge is 2.16. The van der Waals surface area contributed by atoms with Crippen LogP contribution >= 0.6 is 0 Å². The molecule has 0 atom stereocenters. The molecule has 2 aromatic rings. The molecule has 3 rings (SSSR count). The van der Waals surface area contributed by atoms with Crippen molar-refractivity contribution in [3.63, 3.8) is 0 Å². The van der Waals surface area contributed by atoms with Crippen molar-refractivity contribution in [2.45, 2.75) is 32.7 Å². The molecule has 1 N–H and O–H groups in total. The largest absolute Gasteiger partial charge is 0.496 e. The molecule has 0 saturated carbocycles. The fourth-order valence-corrected chi connectivity index (χ4v) is 3.04. The molecule has 25 heavy (non-hydrogen) atoms. The number of nitrogens with zero attached hydrogens (tertiary/aromatic N) is 3. The van der Waals surface area contributed by atoms with Gasteiger partial charge < -0.3 is 15.0 Å². The lowest BCUT2D eigenvalue weighted by molar-refractivity contribution is 0.0947. The highest BCUT2D eigenvalue weighted by molar-refractivity contribution is 5.96. The topological polar surface area (TPSA) is 67.3 Å². The van der Waals surface area contributed by atoms with Crippen LogP contribution < -0.4 is 15.0 Å². The van der Waals surface area contributed by atoms with E-state index in [0.717, 1.165) is 30.4 Å². The first-order valence-corrected chi connectivity index (χ1v) is 8.68. The van der Waals surface area contributed by atoms with Crippen LogP contribution in [0.25, 0.3) is 0 Å². The number of hydrogen-bond acceptors (Lipinski definition) is 5. The molecule has 132 valence electrons. The number of carbonyl (C=O) groups is 1. The van der Waals surface area contributed by atoms with Gasteiger partial charge in [0.1, 0.15) is 5.75 Å². The summed E-state index contributed by atoms with van der Waals surface area (Å²) in [6, 6.07) is 9.10. The van der Waals surface area contributed by atoms with Crippen molar-refractivity contribution in [2.24, 2.45) is 0 Å². The van der Waals surface area contributed by atoms with E-state index in [0.29, 0.717) is 17.9 Å². The number of rotatable bonds is 5. The number of aryl methyl sites for hydroxylation is 1. The maximum Gasteiger partial charge on any atom is 0.255 e. The number of aromatic nitrogens is 2. The van der Waals surface area contributed by atoms with Gasteiger partial charge in [0.15, 0.2) is 0 Å². The maximum absolute atomic E-state index is 12.4. The number of methoxy groups -OCH3 is 1. The van der Waals surface area contributed by atoms with Gasteiger partial charge in [0.25, 0.3) is 5.91 Å². The summed E-state index contributed by atoms with van der Waals surface area (Å²) in [6.07, 6.45) is 3.62. The van der Waals surface area contributed by atoms with Crippen LogP contribution in [-0.2, 0) is 6.54 Å². The molecule has 0 bridgehead atoms. The van der Waals surface area contributed by atoms with Gasteiger partial charge in [-0.25, -0.2) is 9.97 Å². The number of benzene rings is 1. The zero-order valence-corrected chi connectivity index (χ0v) is 14.8. The van der Waals surface area contributed by atoms with Gasteiger partial charge in [-0.2, -0.15) is 0 Å². The van der Waals surface area contributed by atoms with Gasteiger partial charge >= 0.3 is 0 Å². The van der Waals surface area contributed by atoms with E-state index < -0.39 is 0 Å². The van der Waals surface area contributed by atoms with E-state index in [9.17, 15) is 4.79 Å². The van der Waals surface area contributed by atoms with Crippen LogP contribution in [0.15, 0.2) is 30.3 Å². The normalized spacial score (nSPS) is 14.2. The van der Waals surface area contributed by atoms with Crippen LogP contribution in [0.2, 0.25) is 0 Å². The number of piperidine rings is 1. The van der Waals surface area contributed by atoms with Crippen LogP contribution in [0.4, 0.5) is 5.95 Å². The summed E-state index contributed by atoms with van der Waals surface area (Å²) in [5.41, 5.74) is 2.25. The molecule has 6 heteroatoms. The van der Waals surface area contributed by atoms with Gasteiger partial charge in [-0.15, -0.1) is 0 Å². The second kappa shape index (κ2) is 7.96. The summed E-state index contributed by atoms with van der Waals surface area (Å²) in [5.74, 6) is 1.15. The number of para-hydroxylation sites is 1. The molecule has 0 radical (unpaired) electrons. The summed E-state index contributed by atoms with van der Waals surface area (Å²) in [6.45, 7) is 4.31. The Labute approximate surface area is 148 Å². The Hall–Kier alpha value is -2.63. The van der Waals surface area contributed by atoms with Gasteiger partial charge in [-0.1, -0.05) is 12.1 Å². The number of amides is 1. The molecule has 2 heterocycles. The lowest BCUT2D eigenvalue weighted by atomic mass is 10.1. The Morgan fingerprint density at radius 2 is 1.96 bits per heavy atom. The van der Waals surface area contributed by atoms with Gasteiger partial charge in [0.05, 0.1) is 24.9 Å². The van der Waals surface area contributed by atoms with Crippen molar-refractivity contribution < 1.29 is 9.53 Å². The first kappa shape index (κ1) is 17.2. The number of hydrogen-bond donors (Lipinski definition) is 1. The molecular formula is C19H24N4O2. The fourth-order valence-electron chi connectivity index (χ4n) is 3.04. The average Bonchev–Trinajstić information content (AvgIpc) is 2.66. The third-order valence-electron chi connectivity index (χ3n) is 4.32. The Morgan fingerprint density at radius 1 is 1.20 bits per heavy atom. The third kappa shape index (κ3) is 4.26. The SMILES string of the molecule is COc1ccccc1C(=O)NCc1cc(C)nc(N2CCCCC2)n1. The van der Waals surface area contributed by atoms with E-state index in [4.69, 9.17) is 4.74 Å². The molecule has 1 saturated heterocycles. The van der Waals surface area contributed by atoms with Gasteiger partial charge in [-0.05, 0) is 44.4 Å². The second-order valence-electron chi connectivity index (χ2n) is 6.23. The molecule has 6 nitrogen and oxygen atoms in total. The zero-order valence-electron chi connectivity index (χ0n) is 14.8. The van der Waals surface area contributed by atoms with Crippen LogP contribution in [-0.4, -0.2) is 36.1 Å². The van der Waals surface area contributed by atoms with E-state index in [2.05, 4.69) is 20.2 Å². The quantitative estimate of drug-likeness (QED) is 0.906. The molecule has 1 aliphatic rings. The van der Waals surface area contributed by atoms with E-state index in [1.54, 1.807) is 19.2 Å².